The van der Waals surface area contributed by atoms with Crippen molar-refractivity contribution in [2.24, 2.45) is 0 Å². The fraction of sp³-hybridized carbons (Fsp3) is 0.250. The van der Waals surface area contributed by atoms with E-state index in [1.54, 1.807) is 12.1 Å². The molecule has 0 radical (unpaired) electrons. The van der Waals surface area contributed by atoms with Crippen LogP contribution in [0.3, 0.4) is 0 Å². The minimum atomic E-state index is -0.732. The Balaban J connectivity index is 2.02. The summed E-state index contributed by atoms with van der Waals surface area (Å²) in [7, 11) is 0. The topological polar surface area (TPSA) is 38.7 Å². The molecular weight excluding hydrogens is 276 g/mol. The number of rotatable bonds is 2. The summed E-state index contributed by atoms with van der Waals surface area (Å²) in [5.74, 6) is 1.14. The number of benzene rings is 2. The van der Waals surface area contributed by atoms with E-state index in [1.807, 2.05) is 31.2 Å². The Bertz CT molecular complexity index is 640. The molecule has 1 N–H and O–H groups in total. The van der Waals surface area contributed by atoms with Crippen molar-refractivity contribution in [2.45, 2.75) is 13.0 Å². The standard InChI is InChI=1S/C16H15ClO3/c1-10-4-2-3-5-12(10)15(18)11-8-13(17)16-14(9-11)19-6-7-20-16/h2-5,8-9,15,18H,6-7H2,1H3. The molecule has 0 saturated heterocycles. The number of hydrogen-bond donors (Lipinski definition) is 1. The van der Waals surface area contributed by atoms with Crippen LogP contribution in [0.5, 0.6) is 11.5 Å². The number of halogens is 1. The van der Waals surface area contributed by atoms with Crippen LogP contribution in [0.15, 0.2) is 36.4 Å². The summed E-state index contributed by atoms with van der Waals surface area (Å²) >= 11 is 6.20. The number of ether oxygens (including phenoxy) is 2. The lowest BCUT2D eigenvalue weighted by Gasteiger charge is -2.22. The quantitative estimate of drug-likeness (QED) is 0.920. The highest BCUT2D eigenvalue weighted by Crippen LogP contribution is 2.40. The molecule has 1 atom stereocenters. The van der Waals surface area contributed by atoms with Crippen LogP contribution in [-0.2, 0) is 0 Å². The molecule has 2 aromatic rings. The Morgan fingerprint density at radius 2 is 1.90 bits per heavy atom. The summed E-state index contributed by atoms with van der Waals surface area (Å²) in [6.07, 6.45) is -0.732. The first-order valence-corrected chi connectivity index (χ1v) is 6.87. The number of aliphatic hydroxyl groups excluding tert-OH is 1. The van der Waals surface area contributed by atoms with E-state index in [2.05, 4.69) is 0 Å². The van der Waals surface area contributed by atoms with E-state index in [-0.39, 0.29) is 0 Å². The van der Waals surface area contributed by atoms with E-state index < -0.39 is 6.10 Å². The first-order chi connectivity index (χ1) is 9.66. The summed E-state index contributed by atoms with van der Waals surface area (Å²) in [6, 6.07) is 11.3. The molecule has 0 fully saturated rings. The third-order valence-electron chi connectivity index (χ3n) is 3.42. The van der Waals surface area contributed by atoms with Crippen molar-refractivity contribution in [1.29, 1.82) is 0 Å². The van der Waals surface area contributed by atoms with Crippen LogP contribution in [0.25, 0.3) is 0 Å². The lowest BCUT2D eigenvalue weighted by atomic mass is 9.97. The van der Waals surface area contributed by atoms with Gasteiger partial charge >= 0.3 is 0 Å². The zero-order valence-corrected chi connectivity index (χ0v) is 11.9. The average molecular weight is 291 g/mol. The van der Waals surface area contributed by atoms with Gasteiger partial charge in [0.25, 0.3) is 0 Å². The lowest BCUT2D eigenvalue weighted by molar-refractivity contribution is 0.170. The second-order valence-electron chi connectivity index (χ2n) is 4.79. The molecule has 0 bridgehead atoms. The van der Waals surface area contributed by atoms with Gasteiger partial charge in [-0.2, -0.15) is 0 Å². The molecule has 1 aliphatic heterocycles. The van der Waals surface area contributed by atoms with E-state index in [9.17, 15) is 5.11 Å². The highest BCUT2D eigenvalue weighted by molar-refractivity contribution is 6.32. The minimum Gasteiger partial charge on any atom is -0.486 e. The van der Waals surface area contributed by atoms with E-state index >= 15 is 0 Å². The van der Waals surface area contributed by atoms with Crippen molar-refractivity contribution in [2.75, 3.05) is 13.2 Å². The normalized spacial score (nSPS) is 14.9. The summed E-state index contributed by atoms with van der Waals surface area (Å²) < 4.78 is 11.0. The van der Waals surface area contributed by atoms with Crippen LogP contribution in [0.2, 0.25) is 5.02 Å². The maximum Gasteiger partial charge on any atom is 0.179 e. The fourth-order valence-corrected chi connectivity index (χ4v) is 2.64. The van der Waals surface area contributed by atoms with Gasteiger partial charge in [0.1, 0.15) is 19.3 Å². The molecule has 0 aromatic heterocycles. The van der Waals surface area contributed by atoms with Gasteiger partial charge in [-0.25, -0.2) is 0 Å². The molecule has 1 aliphatic rings. The van der Waals surface area contributed by atoms with Crippen molar-refractivity contribution >= 4 is 11.6 Å². The maximum absolute atomic E-state index is 10.5. The molecule has 0 spiro atoms. The summed E-state index contributed by atoms with van der Waals surface area (Å²) in [6.45, 7) is 2.96. The fourth-order valence-electron chi connectivity index (χ4n) is 2.36. The van der Waals surface area contributed by atoms with Gasteiger partial charge in [0.2, 0.25) is 0 Å². The van der Waals surface area contributed by atoms with Gasteiger partial charge in [-0.05, 0) is 35.7 Å². The maximum atomic E-state index is 10.5. The predicted octanol–water partition coefficient (Wildman–Crippen LogP) is 3.50. The molecule has 0 aliphatic carbocycles. The molecular formula is C16H15ClO3. The zero-order valence-electron chi connectivity index (χ0n) is 11.1. The van der Waals surface area contributed by atoms with Gasteiger partial charge in [0, 0.05) is 0 Å². The van der Waals surface area contributed by atoms with Crippen molar-refractivity contribution in [3.8, 4) is 11.5 Å². The molecule has 3 rings (SSSR count). The highest BCUT2D eigenvalue weighted by atomic mass is 35.5. The summed E-state index contributed by atoms with van der Waals surface area (Å²) in [5.41, 5.74) is 2.60. The second-order valence-corrected chi connectivity index (χ2v) is 5.19. The number of fused-ring (bicyclic) bond motifs is 1. The Kier molecular flexibility index (Phi) is 3.55. The van der Waals surface area contributed by atoms with Crippen LogP contribution in [-0.4, -0.2) is 18.3 Å². The second kappa shape index (κ2) is 5.35. The first kappa shape index (κ1) is 13.3. The Hall–Kier alpha value is -1.71. The average Bonchev–Trinajstić information content (AvgIpc) is 2.47. The van der Waals surface area contributed by atoms with Gasteiger partial charge in [0.05, 0.1) is 5.02 Å². The summed E-state index contributed by atoms with van der Waals surface area (Å²) in [4.78, 5) is 0. The van der Waals surface area contributed by atoms with Gasteiger partial charge in [-0.1, -0.05) is 35.9 Å². The van der Waals surface area contributed by atoms with Gasteiger partial charge in [-0.3, -0.25) is 0 Å². The van der Waals surface area contributed by atoms with Crippen LogP contribution in [0, 0.1) is 6.92 Å². The van der Waals surface area contributed by atoms with E-state index in [0.29, 0.717) is 35.3 Å². The Morgan fingerprint density at radius 3 is 2.70 bits per heavy atom. The minimum absolute atomic E-state index is 0.463. The van der Waals surface area contributed by atoms with Crippen molar-refractivity contribution in [1.82, 2.24) is 0 Å². The number of aliphatic hydroxyl groups is 1. The van der Waals surface area contributed by atoms with Crippen LogP contribution < -0.4 is 9.47 Å². The van der Waals surface area contributed by atoms with Crippen LogP contribution >= 0.6 is 11.6 Å². The SMILES string of the molecule is Cc1ccccc1C(O)c1cc(Cl)c2c(c1)OCCO2. The van der Waals surface area contributed by atoms with Crippen LogP contribution in [0.1, 0.15) is 22.8 Å². The molecule has 1 unspecified atom stereocenters. The summed E-state index contributed by atoms with van der Waals surface area (Å²) in [5, 5.41) is 11.0. The zero-order chi connectivity index (χ0) is 14.1. The van der Waals surface area contributed by atoms with E-state index in [4.69, 9.17) is 21.1 Å². The van der Waals surface area contributed by atoms with Gasteiger partial charge < -0.3 is 14.6 Å². The Morgan fingerprint density at radius 1 is 1.15 bits per heavy atom. The molecule has 104 valence electrons. The van der Waals surface area contributed by atoms with Gasteiger partial charge in [-0.15, -0.1) is 0 Å². The molecule has 0 amide bonds. The number of hydrogen-bond acceptors (Lipinski definition) is 3. The molecule has 3 nitrogen and oxygen atoms in total. The van der Waals surface area contributed by atoms with Gasteiger partial charge in [0.15, 0.2) is 11.5 Å². The van der Waals surface area contributed by atoms with Crippen molar-refractivity contribution in [3.63, 3.8) is 0 Å². The van der Waals surface area contributed by atoms with Crippen LogP contribution in [0.4, 0.5) is 0 Å². The van der Waals surface area contributed by atoms with Crippen molar-refractivity contribution < 1.29 is 14.6 Å². The monoisotopic (exact) mass is 290 g/mol. The molecule has 4 heteroatoms. The van der Waals surface area contributed by atoms with E-state index in [0.717, 1.165) is 11.1 Å². The largest absolute Gasteiger partial charge is 0.486 e. The van der Waals surface area contributed by atoms with Crippen molar-refractivity contribution in [3.05, 3.63) is 58.1 Å². The Labute approximate surface area is 122 Å². The third-order valence-corrected chi connectivity index (χ3v) is 3.70. The molecule has 2 aromatic carbocycles. The smallest absolute Gasteiger partial charge is 0.179 e. The third kappa shape index (κ3) is 2.35. The first-order valence-electron chi connectivity index (χ1n) is 6.49. The molecule has 0 saturated carbocycles. The predicted molar refractivity (Wildman–Crippen MR) is 77.7 cm³/mol. The number of aryl methyl sites for hydroxylation is 1. The highest BCUT2D eigenvalue weighted by Gasteiger charge is 2.20. The van der Waals surface area contributed by atoms with E-state index in [1.165, 1.54) is 0 Å². The lowest BCUT2D eigenvalue weighted by Crippen LogP contribution is -2.16. The molecule has 20 heavy (non-hydrogen) atoms. The molecule has 1 heterocycles.